The predicted molar refractivity (Wildman–Crippen MR) is 191 cm³/mol. The number of ether oxygens (including phenoxy) is 4. The fraction of sp³-hybridized carbons (Fsp3) is 0.162. The molecule has 0 saturated heterocycles. The molecule has 0 unspecified atom stereocenters. The molecule has 0 N–H and O–H groups in total. The van der Waals surface area contributed by atoms with Gasteiger partial charge in [-0.15, -0.1) is 0 Å². The normalized spacial score (nSPS) is 14.3. The molecule has 0 radical (unpaired) electrons. The van der Waals surface area contributed by atoms with Crippen molar-refractivity contribution in [2.75, 3.05) is 20.8 Å². The summed E-state index contributed by atoms with van der Waals surface area (Å²) in [5.74, 6) is 1.05. The van der Waals surface area contributed by atoms with Gasteiger partial charge in [0, 0.05) is 10.6 Å². The number of nitrogens with zero attached hydrogens (tertiary/aromatic N) is 2. The van der Waals surface area contributed by atoms with Gasteiger partial charge in [0.25, 0.3) is 5.56 Å². The molecular formula is C37H30BrClN2O6S. The van der Waals surface area contributed by atoms with Crippen molar-refractivity contribution in [3.05, 3.63) is 148 Å². The van der Waals surface area contributed by atoms with E-state index in [1.807, 2.05) is 84.9 Å². The molecule has 1 atom stereocenters. The van der Waals surface area contributed by atoms with Crippen molar-refractivity contribution < 1.29 is 23.7 Å². The Kier molecular flexibility index (Phi) is 10.1. The van der Waals surface area contributed by atoms with E-state index in [9.17, 15) is 9.59 Å². The van der Waals surface area contributed by atoms with Crippen LogP contribution in [-0.2, 0) is 16.1 Å². The summed E-state index contributed by atoms with van der Waals surface area (Å²) in [4.78, 5) is 33.4. The Morgan fingerprint density at radius 1 is 1.00 bits per heavy atom. The van der Waals surface area contributed by atoms with Gasteiger partial charge in [0.05, 0.1) is 47.1 Å². The van der Waals surface area contributed by atoms with Crippen LogP contribution >= 0.6 is 38.9 Å². The highest BCUT2D eigenvalue weighted by atomic mass is 79.9. The highest BCUT2D eigenvalue weighted by Crippen LogP contribution is 2.38. The number of hydrogen-bond acceptors (Lipinski definition) is 8. The number of thiazole rings is 1. The summed E-state index contributed by atoms with van der Waals surface area (Å²) in [6.45, 7) is 2.22. The molecule has 244 valence electrons. The summed E-state index contributed by atoms with van der Waals surface area (Å²) >= 11 is 10.9. The van der Waals surface area contributed by atoms with Crippen LogP contribution < -0.4 is 29.1 Å². The van der Waals surface area contributed by atoms with Crippen molar-refractivity contribution in [1.29, 1.82) is 0 Å². The Bertz CT molecular complexity index is 2200. The fourth-order valence-corrected chi connectivity index (χ4v) is 7.12. The summed E-state index contributed by atoms with van der Waals surface area (Å²) in [5.41, 5.74) is 3.46. The van der Waals surface area contributed by atoms with Crippen LogP contribution in [0, 0.1) is 0 Å². The number of fused-ring (bicyclic) bond motifs is 1. The van der Waals surface area contributed by atoms with Crippen LogP contribution in [0.5, 0.6) is 17.2 Å². The van der Waals surface area contributed by atoms with Gasteiger partial charge in [-0.3, -0.25) is 9.36 Å². The minimum Gasteiger partial charge on any atom is -0.497 e. The van der Waals surface area contributed by atoms with E-state index in [1.54, 1.807) is 37.9 Å². The predicted octanol–water partition coefficient (Wildman–Crippen LogP) is 6.95. The number of methoxy groups -OCH3 is 2. The first kappa shape index (κ1) is 33.3. The highest BCUT2D eigenvalue weighted by molar-refractivity contribution is 9.10. The highest BCUT2D eigenvalue weighted by Gasteiger charge is 2.35. The topological polar surface area (TPSA) is 88.4 Å². The number of carbonyl (C=O) groups excluding carboxylic acids is 1. The number of hydrogen-bond donors (Lipinski definition) is 0. The van der Waals surface area contributed by atoms with Gasteiger partial charge in [0.2, 0.25) is 0 Å². The molecular weight excluding hydrogens is 716 g/mol. The lowest BCUT2D eigenvalue weighted by atomic mass is 9.93. The van der Waals surface area contributed by atoms with Gasteiger partial charge in [-0.2, -0.15) is 0 Å². The summed E-state index contributed by atoms with van der Waals surface area (Å²) in [5, 5.41) is 0.648. The largest absolute Gasteiger partial charge is 0.497 e. The molecule has 8 nitrogen and oxygen atoms in total. The Balaban J connectivity index is 1.50. The molecule has 4 aromatic carbocycles. The van der Waals surface area contributed by atoms with Gasteiger partial charge in [0.1, 0.15) is 12.4 Å². The number of carbonyl (C=O) groups is 1. The molecule has 0 saturated carbocycles. The van der Waals surface area contributed by atoms with Gasteiger partial charge < -0.3 is 18.9 Å². The lowest BCUT2D eigenvalue weighted by molar-refractivity contribution is -0.138. The molecule has 1 aromatic heterocycles. The smallest absolute Gasteiger partial charge is 0.338 e. The molecule has 11 heteroatoms. The fourth-order valence-electron chi connectivity index (χ4n) is 5.42. The molecule has 6 rings (SSSR count). The minimum absolute atomic E-state index is 0.162. The van der Waals surface area contributed by atoms with Crippen molar-refractivity contribution in [3.8, 4) is 17.2 Å². The summed E-state index contributed by atoms with van der Waals surface area (Å²) in [7, 11) is 3.13. The molecule has 5 aromatic rings. The van der Waals surface area contributed by atoms with Crippen LogP contribution in [0.4, 0.5) is 0 Å². The summed E-state index contributed by atoms with van der Waals surface area (Å²) in [6.07, 6.45) is 1.78. The molecule has 2 heterocycles. The van der Waals surface area contributed by atoms with Crippen LogP contribution in [-0.4, -0.2) is 31.4 Å². The van der Waals surface area contributed by atoms with Gasteiger partial charge >= 0.3 is 5.97 Å². The van der Waals surface area contributed by atoms with Gasteiger partial charge in [0.15, 0.2) is 16.3 Å². The van der Waals surface area contributed by atoms with Crippen molar-refractivity contribution in [1.82, 2.24) is 4.57 Å². The maximum atomic E-state index is 14.3. The average molecular weight is 746 g/mol. The molecule has 0 aliphatic carbocycles. The molecule has 48 heavy (non-hydrogen) atoms. The number of esters is 1. The molecule has 0 amide bonds. The first-order valence-corrected chi connectivity index (χ1v) is 17.0. The lowest BCUT2D eigenvalue weighted by Crippen LogP contribution is -2.40. The molecule has 1 aliphatic rings. The van der Waals surface area contributed by atoms with E-state index >= 15 is 0 Å². The van der Waals surface area contributed by atoms with E-state index in [0.717, 1.165) is 11.1 Å². The van der Waals surface area contributed by atoms with E-state index in [1.165, 1.54) is 11.3 Å². The quantitative estimate of drug-likeness (QED) is 0.144. The van der Waals surface area contributed by atoms with Crippen molar-refractivity contribution in [2.24, 2.45) is 4.99 Å². The van der Waals surface area contributed by atoms with Crippen LogP contribution in [0.25, 0.3) is 11.8 Å². The maximum Gasteiger partial charge on any atom is 0.338 e. The van der Waals surface area contributed by atoms with Crippen LogP contribution in [0.3, 0.4) is 0 Å². The summed E-state index contributed by atoms with van der Waals surface area (Å²) < 4.78 is 25.5. The molecule has 0 fully saturated rings. The van der Waals surface area contributed by atoms with E-state index in [4.69, 9.17) is 35.5 Å². The van der Waals surface area contributed by atoms with Crippen molar-refractivity contribution >= 4 is 56.6 Å². The Morgan fingerprint density at radius 3 is 2.48 bits per heavy atom. The number of benzene rings is 4. The second-order valence-electron chi connectivity index (χ2n) is 10.7. The molecule has 0 spiro atoms. The van der Waals surface area contributed by atoms with Crippen LogP contribution in [0.15, 0.2) is 111 Å². The van der Waals surface area contributed by atoms with Crippen molar-refractivity contribution in [3.63, 3.8) is 0 Å². The van der Waals surface area contributed by atoms with Crippen molar-refractivity contribution in [2.45, 2.75) is 19.6 Å². The van der Waals surface area contributed by atoms with E-state index in [-0.39, 0.29) is 17.7 Å². The third-order valence-electron chi connectivity index (χ3n) is 7.63. The Labute approximate surface area is 294 Å². The first-order chi connectivity index (χ1) is 23.3. The second kappa shape index (κ2) is 14.6. The Morgan fingerprint density at radius 2 is 1.77 bits per heavy atom. The molecule has 0 bridgehead atoms. The minimum atomic E-state index is -0.822. The summed E-state index contributed by atoms with van der Waals surface area (Å²) in [6, 6.07) is 27.0. The zero-order valence-electron chi connectivity index (χ0n) is 26.2. The van der Waals surface area contributed by atoms with Crippen LogP contribution in [0.1, 0.15) is 35.2 Å². The zero-order valence-corrected chi connectivity index (χ0v) is 29.4. The van der Waals surface area contributed by atoms with Gasteiger partial charge in [-0.05, 0) is 82.0 Å². The van der Waals surface area contributed by atoms with Gasteiger partial charge in [-0.1, -0.05) is 77.5 Å². The monoisotopic (exact) mass is 744 g/mol. The third kappa shape index (κ3) is 6.82. The number of rotatable bonds is 10. The Hall–Kier alpha value is -4.64. The van der Waals surface area contributed by atoms with E-state index in [2.05, 4.69) is 15.9 Å². The lowest BCUT2D eigenvalue weighted by Gasteiger charge is -2.26. The molecule has 1 aliphatic heterocycles. The third-order valence-corrected chi connectivity index (χ3v) is 9.45. The van der Waals surface area contributed by atoms with E-state index in [0.29, 0.717) is 59.5 Å². The zero-order chi connectivity index (χ0) is 33.8. The number of aromatic nitrogens is 1. The van der Waals surface area contributed by atoms with Crippen LogP contribution in [0.2, 0.25) is 5.02 Å². The number of halogens is 2. The van der Waals surface area contributed by atoms with E-state index < -0.39 is 12.0 Å². The first-order valence-electron chi connectivity index (χ1n) is 15.0. The maximum absolute atomic E-state index is 14.3. The second-order valence-corrected chi connectivity index (χ2v) is 13.0. The average Bonchev–Trinajstić information content (AvgIpc) is 3.41. The SMILES string of the molecule is CCOC(=O)C1=C(c2ccccc2)N=c2s/c(=C\c3cc(Br)c(OCc4ccc(Cl)cc4)c(OC)c3)c(=O)n2[C@H]1c1cccc(OC)c1. The standard InChI is InChI=1S/C37H30BrClN2O6S/c1-4-46-36(43)31-32(24-9-6-5-7-10-24)40-37-41(33(31)25-11-8-12-27(20-25)44-2)35(42)30(48-37)19-23-17-28(38)34(29(18-23)45-3)47-21-22-13-15-26(39)16-14-22/h5-20,33H,4,21H2,1-3H3/b30-19-/t33-/m0/s1. The van der Waals surface area contributed by atoms with Gasteiger partial charge in [-0.25, -0.2) is 9.79 Å².